The van der Waals surface area contributed by atoms with Gasteiger partial charge in [-0.05, 0) is 12.8 Å². The smallest absolute Gasteiger partial charge is 0.319 e. The molecule has 1 fully saturated rings. The Morgan fingerprint density at radius 1 is 1.61 bits per heavy atom. The summed E-state index contributed by atoms with van der Waals surface area (Å²) in [6.07, 6.45) is 4.89. The summed E-state index contributed by atoms with van der Waals surface area (Å²) in [6, 6.07) is 0.469. The highest BCUT2D eigenvalue weighted by atomic mass is 127. The number of imidazole rings is 1. The van der Waals surface area contributed by atoms with Crippen LogP contribution in [0.4, 0.5) is 8.78 Å². The van der Waals surface area contributed by atoms with Crippen LogP contribution in [0.1, 0.15) is 25.2 Å². The number of aliphatic imine (C=N–C) groups is 1. The third-order valence-electron chi connectivity index (χ3n) is 2.51. The van der Waals surface area contributed by atoms with Crippen LogP contribution in [0.2, 0.25) is 0 Å². The van der Waals surface area contributed by atoms with Crippen LogP contribution in [0.3, 0.4) is 0 Å². The van der Waals surface area contributed by atoms with E-state index in [0.717, 1.165) is 17.4 Å². The van der Waals surface area contributed by atoms with Crippen LogP contribution in [-0.4, -0.2) is 28.6 Å². The summed E-state index contributed by atoms with van der Waals surface area (Å²) in [4.78, 5) is 7.89. The molecule has 1 aliphatic carbocycles. The lowest BCUT2D eigenvalue weighted by molar-refractivity contribution is 0.0668. The fourth-order valence-corrected chi connectivity index (χ4v) is 1.44. The third kappa shape index (κ3) is 4.07. The van der Waals surface area contributed by atoms with Crippen molar-refractivity contribution in [3.05, 3.63) is 18.2 Å². The zero-order chi connectivity index (χ0) is 12.3. The van der Waals surface area contributed by atoms with E-state index in [0.29, 0.717) is 17.8 Å². The van der Waals surface area contributed by atoms with Crippen molar-refractivity contribution >= 4 is 29.9 Å². The van der Waals surface area contributed by atoms with Gasteiger partial charge in [0.25, 0.3) is 0 Å². The number of rotatable bonds is 4. The third-order valence-corrected chi connectivity index (χ3v) is 2.51. The first-order chi connectivity index (χ1) is 8.20. The molecule has 0 radical (unpaired) electrons. The molecule has 1 saturated carbocycles. The van der Waals surface area contributed by atoms with E-state index >= 15 is 0 Å². The first-order valence-corrected chi connectivity index (χ1v) is 5.47. The summed E-state index contributed by atoms with van der Waals surface area (Å²) in [5, 5.41) is 6.13. The summed E-state index contributed by atoms with van der Waals surface area (Å²) < 4.78 is 25.9. The van der Waals surface area contributed by atoms with Gasteiger partial charge in [0.05, 0.1) is 6.54 Å². The van der Waals surface area contributed by atoms with Crippen LogP contribution in [0, 0.1) is 0 Å². The Morgan fingerprint density at radius 2 is 2.33 bits per heavy atom. The minimum atomic E-state index is -2.56. The van der Waals surface area contributed by atoms with Gasteiger partial charge in [0, 0.05) is 25.5 Å². The average molecular weight is 371 g/mol. The lowest BCUT2D eigenvalue weighted by atomic mass is 10.5. The van der Waals surface area contributed by atoms with E-state index in [-0.39, 0.29) is 30.5 Å². The monoisotopic (exact) mass is 371 g/mol. The summed E-state index contributed by atoms with van der Waals surface area (Å²) in [5.41, 5.74) is 0. The van der Waals surface area contributed by atoms with E-state index in [4.69, 9.17) is 0 Å². The number of guanidine groups is 1. The fourth-order valence-electron chi connectivity index (χ4n) is 1.44. The highest BCUT2D eigenvalue weighted by Crippen LogP contribution is 2.18. The highest BCUT2D eigenvalue weighted by Gasteiger charge is 2.22. The predicted octanol–water partition coefficient (Wildman–Crippen LogP) is 1.72. The summed E-state index contributed by atoms with van der Waals surface area (Å²) in [6.45, 7) is -2.34. The molecule has 102 valence electrons. The molecule has 2 rings (SSSR count). The van der Waals surface area contributed by atoms with Crippen molar-refractivity contribution in [3.63, 3.8) is 0 Å². The van der Waals surface area contributed by atoms with Crippen molar-refractivity contribution in [2.45, 2.75) is 32.0 Å². The van der Waals surface area contributed by atoms with Crippen molar-refractivity contribution in [3.8, 4) is 0 Å². The molecular formula is C10H16F2IN5. The van der Waals surface area contributed by atoms with Crippen molar-refractivity contribution in [2.75, 3.05) is 7.05 Å². The van der Waals surface area contributed by atoms with Crippen LogP contribution < -0.4 is 10.6 Å². The minimum absolute atomic E-state index is 0. The maximum Gasteiger partial charge on any atom is 0.319 e. The molecule has 0 unspecified atom stereocenters. The minimum Gasteiger partial charge on any atom is -0.354 e. The van der Waals surface area contributed by atoms with Gasteiger partial charge in [-0.25, -0.2) is 4.98 Å². The van der Waals surface area contributed by atoms with E-state index in [1.54, 1.807) is 7.05 Å². The lowest BCUT2D eigenvalue weighted by Crippen LogP contribution is -2.38. The molecule has 1 aromatic rings. The Balaban J connectivity index is 0.00000162. The Labute approximate surface area is 121 Å². The molecule has 0 spiro atoms. The maximum atomic E-state index is 12.5. The van der Waals surface area contributed by atoms with E-state index in [1.165, 1.54) is 12.4 Å². The van der Waals surface area contributed by atoms with Gasteiger partial charge < -0.3 is 10.6 Å². The quantitative estimate of drug-likeness (QED) is 0.482. The van der Waals surface area contributed by atoms with Crippen molar-refractivity contribution in [1.29, 1.82) is 0 Å². The highest BCUT2D eigenvalue weighted by molar-refractivity contribution is 14.0. The molecule has 2 N–H and O–H groups in total. The number of nitrogens with zero attached hydrogens (tertiary/aromatic N) is 3. The van der Waals surface area contributed by atoms with Gasteiger partial charge in [-0.1, -0.05) is 0 Å². The van der Waals surface area contributed by atoms with Crippen molar-refractivity contribution in [2.24, 2.45) is 4.99 Å². The number of alkyl halides is 2. The summed E-state index contributed by atoms with van der Waals surface area (Å²) in [5.74, 6) is 0.912. The van der Waals surface area contributed by atoms with Gasteiger partial charge >= 0.3 is 6.55 Å². The molecule has 0 aliphatic heterocycles. The number of hydrogen-bond donors (Lipinski definition) is 2. The zero-order valence-corrected chi connectivity index (χ0v) is 12.3. The van der Waals surface area contributed by atoms with Crippen LogP contribution in [0.25, 0.3) is 0 Å². The van der Waals surface area contributed by atoms with Gasteiger partial charge in [-0.2, -0.15) is 8.78 Å². The second kappa shape index (κ2) is 6.86. The predicted molar refractivity (Wildman–Crippen MR) is 75.3 cm³/mol. The Morgan fingerprint density at radius 3 is 2.89 bits per heavy atom. The lowest BCUT2D eigenvalue weighted by Gasteiger charge is -2.11. The number of aromatic nitrogens is 2. The van der Waals surface area contributed by atoms with Gasteiger partial charge in [-0.3, -0.25) is 9.56 Å². The van der Waals surface area contributed by atoms with Gasteiger partial charge in [-0.15, -0.1) is 24.0 Å². The first-order valence-electron chi connectivity index (χ1n) is 5.47. The first kappa shape index (κ1) is 15.1. The van der Waals surface area contributed by atoms with Gasteiger partial charge in [0.1, 0.15) is 5.82 Å². The molecule has 5 nitrogen and oxygen atoms in total. The fraction of sp³-hybridized carbons (Fsp3) is 0.600. The maximum absolute atomic E-state index is 12.5. The van der Waals surface area contributed by atoms with Crippen molar-refractivity contribution < 1.29 is 8.78 Å². The van der Waals surface area contributed by atoms with E-state index < -0.39 is 6.55 Å². The summed E-state index contributed by atoms with van der Waals surface area (Å²) in [7, 11) is 1.65. The number of hydrogen-bond acceptors (Lipinski definition) is 2. The van der Waals surface area contributed by atoms with E-state index in [1.807, 2.05) is 0 Å². The molecule has 1 heterocycles. The van der Waals surface area contributed by atoms with Crippen LogP contribution in [0.5, 0.6) is 0 Å². The SMILES string of the molecule is CN=C(NCc1nccn1C(F)F)NC1CC1.I. The average Bonchev–Trinajstić information content (AvgIpc) is 2.99. The Kier molecular flexibility index (Phi) is 5.76. The molecule has 1 aromatic heterocycles. The van der Waals surface area contributed by atoms with Crippen LogP contribution >= 0.6 is 24.0 Å². The van der Waals surface area contributed by atoms with Gasteiger partial charge in [0.2, 0.25) is 0 Å². The Hall–Kier alpha value is -0.930. The van der Waals surface area contributed by atoms with Crippen LogP contribution in [-0.2, 0) is 6.54 Å². The molecule has 18 heavy (non-hydrogen) atoms. The van der Waals surface area contributed by atoms with Gasteiger partial charge in [0.15, 0.2) is 5.96 Å². The second-order valence-electron chi connectivity index (χ2n) is 3.87. The Bertz CT molecular complexity index is 403. The standard InChI is InChI=1S/C10H15F2N5.HI/c1-13-10(16-7-2-3-7)15-6-8-14-4-5-17(8)9(11)12;/h4-5,7,9H,2-3,6H2,1H3,(H2,13,15,16);1H. The van der Waals surface area contributed by atoms with E-state index in [2.05, 4.69) is 20.6 Å². The molecule has 0 aromatic carbocycles. The van der Waals surface area contributed by atoms with E-state index in [9.17, 15) is 8.78 Å². The number of halogens is 3. The molecular weight excluding hydrogens is 355 g/mol. The molecule has 1 aliphatic rings. The topological polar surface area (TPSA) is 54.2 Å². The second-order valence-corrected chi connectivity index (χ2v) is 3.87. The molecule has 0 bridgehead atoms. The van der Waals surface area contributed by atoms with Crippen molar-refractivity contribution in [1.82, 2.24) is 20.2 Å². The van der Waals surface area contributed by atoms with Crippen LogP contribution in [0.15, 0.2) is 17.4 Å². The zero-order valence-electron chi connectivity index (χ0n) is 9.94. The normalized spacial score (nSPS) is 15.4. The largest absolute Gasteiger partial charge is 0.354 e. The molecule has 8 heteroatoms. The summed E-state index contributed by atoms with van der Waals surface area (Å²) >= 11 is 0. The molecule has 0 amide bonds. The molecule has 0 atom stereocenters. The molecule has 0 saturated heterocycles. The number of nitrogens with one attached hydrogen (secondary N) is 2.